The summed E-state index contributed by atoms with van der Waals surface area (Å²) in [4.78, 5) is 10.8. The highest BCUT2D eigenvalue weighted by atomic mass is 32.1. The van der Waals surface area contributed by atoms with Crippen molar-refractivity contribution < 1.29 is 0 Å². The van der Waals surface area contributed by atoms with E-state index in [4.69, 9.17) is 24.4 Å². The molecule has 0 amide bonds. The second-order valence-electron chi connectivity index (χ2n) is 1.95. The van der Waals surface area contributed by atoms with E-state index in [9.17, 15) is 0 Å². The number of aromatic nitrogens is 3. The predicted molar refractivity (Wildman–Crippen MR) is 50.0 cm³/mol. The van der Waals surface area contributed by atoms with E-state index in [1.54, 1.807) is 6.20 Å². The average molecular weight is 201 g/mol. The van der Waals surface area contributed by atoms with E-state index < -0.39 is 0 Å². The molecule has 0 unspecified atom stereocenters. The van der Waals surface area contributed by atoms with Crippen LogP contribution in [0.15, 0.2) is 6.20 Å². The summed E-state index contributed by atoms with van der Waals surface area (Å²) in [6, 6.07) is 0. The zero-order valence-corrected chi connectivity index (χ0v) is 7.70. The van der Waals surface area contributed by atoms with Gasteiger partial charge in [0.25, 0.3) is 0 Å². The lowest BCUT2D eigenvalue weighted by Gasteiger charge is -1.84. The Morgan fingerprint density at radius 1 is 1.36 bits per heavy atom. The minimum Gasteiger partial charge on any atom is -0.334 e. The van der Waals surface area contributed by atoms with Crippen molar-refractivity contribution in [1.82, 2.24) is 15.0 Å². The van der Waals surface area contributed by atoms with Crippen LogP contribution in [0.1, 0.15) is 0 Å². The molecule has 2 rings (SSSR count). The molecule has 0 aliphatic carbocycles. The third kappa shape index (κ3) is 1.24. The molecule has 6 heteroatoms. The number of H-pyrrole nitrogens is 2. The van der Waals surface area contributed by atoms with Crippen molar-refractivity contribution in [3.05, 3.63) is 14.9 Å². The van der Waals surface area contributed by atoms with Crippen molar-refractivity contribution >= 4 is 46.1 Å². The number of hydrogen-bond donors (Lipinski definition) is 2. The molecule has 0 radical (unpaired) electrons. The molecule has 11 heavy (non-hydrogen) atoms. The molecule has 2 N–H and O–H groups in total. The van der Waals surface area contributed by atoms with Crippen molar-refractivity contribution in [3.8, 4) is 0 Å². The Labute approximate surface area is 76.1 Å². The third-order valence-corrected chi connectivity index (χ3v) is 2.58. The highest BCUT2D eigenvalue weighted by Crippen LogP contribution is 2.14. The molecule has 0 saturated carbocycles. The molecule has 2 aromatic heterocycles. The standard InChI is InChI=1S/C5H3N3S3/c9-4-6-1-2-3(8-4)11-5(10)7-2/h1H,(H,7,10)(H,6,8,9). The van der Waals surface area contributed by atoms with E-state index >= 15 is 0 Å². The van der Waals surface area contributed by atoms with Crippen molar-refractivity contribution in [3.63, 3.8) is 0 Å². The van der Waals surface area contributed by atoms with Gasteiger partial charge in [-0.2, -0.15) is 0 Å². The van der Waals surface area contributed by atoms with E-state index in [0.29, 0.717) is 4.77 Å². The zero-order valence-electron chi connectivity index (χ0n) is 5.25. The molecule has 3 nitrogen and oxygen atoms in total. The quantitative estimate of drug-likeness (QED) is 0.643. The molecular formula is C5H3N3S3. The van der Waals surface area contributed by atoms with Crippen molar-refractivity contribution in [2.45, 2.75) is 0 Å². The van der Waals surface area contributed by atoms with E-state index in [1.807, 2.05) is 0 Å². The van der Waals surface area contributed by atoms with Crippen molar-refractivity contribution in [1.29, 1.82) is 0 Å². The topological polar surface area (TPSA) is 44.5 Å². The second-order valence-corrected chi connectivity index (χ2v) is 4.02. The van der Waals surface area contributed by atoms with Crippen LogP contribution in [0.5, 0.6) is 0 Å². The van der Waals surface area contributed by atoms with Crippen LogP contribution in [0.3, 0.4) is 0 Å². The lowest BCUT2D eigenvalue weighted by atomic mass is 10.6. The maximum Gasteiger partial charge on any atom is 0.197 e. The van der Waals surface area contributed by atoms with Crippen LogP contribution in [0.2, 0.25) is 0 Å². The van der Waals surface area contributed by atoms with Gasteiger partial charge in [-0.3, -0.25) is 0 Å². The lowest BCUT2D eigenvalue weighted by Crippen LogP contribution is -1.78. The summed E-state index contributed by atoms with van der Waals surface area (Å²) >= 11 is 11.2. The maximum atomic E-state index is 4.94. The summed E-state index contributed by atoms with van der Waals surface area (Å²) < 4.78 is 1.22. The first-order chi connectivity index (χ1) is 5.25. The Morgan fingerprint density at radius 3 is 3.00 bits per heavy atom. The van der Waals surface area contributed by atoms with Gasteiger partial charge in [-0.05, 0) is 24.4 Å². The van der Waals surface area contributed by atoms with Gasteiger partial charge in [0.15, 0.2) is 8.73 Å². The van der Waals surface area contributed by atoms with E-state index in [2.05, 4.69) is 15.0 Å². The minimum absolute atomic E-state index is 0.489. The Kier molecular flexibility index (Phi) is 1.59. The highest BCUT2D eigenvalue weighted by Gasteiger charge is 1.94. The summed E-state index contributed by atoms with van der Waals surface area (Å²) in [5.41, 5.74) is 0.911. The molecule has 0 spiro atoms. The number of fused-ring (bicyclic) bond motifs is 1. The Balaban J connectivity index is 3.03. The number of hydrogen-bond acceptors (Lipinski definition) is 4. The van der Waals surface area contributed by atoms with Crippen LogP contribution in [-0.2, 0) is 0 Å². The van der Waals surface area contributed by atoms with Crippen LogP contribution >= 0.6 is 35.8 Å². The Morgan fingerprint density at radius 2 is 2.18 bits per heavy atom. The first-order valence-electron chi connectivity index (χ1n) is 2.84. The fraction of sp³-hybridized carbons (Fsp3) is 0. The first kappa shape index (κ1) is 7.08. The van der Waals surface area contributed by atoms with Gasteiger partial charge < -0.3 is 9.97 Å². The summed E-state index contributed by atoms with van der Waals surface area (Å²) in [7, 11) is 0. The number of rotatable bonds is 0. The fourth-order valence-corrected chi connectivity index (χ4v) is 2.06. The van der Waals surface area contributed by atoms with Gasteiger partial charge in [0.05, 0.1) is 11.7 Å². The average Bonchev–Trinajstić information content (AvgIpc) is 2.27. The van der Waals surface area contributed by atoms with Gasteiger partial charge in [0, 0.05) is 0 Å². The minimum atomic E-state index is 0.489. The molecule has 0 fully saturated rings. The normalized spacial score (nSPS) is 10.5. The number of aromatic amines is 2. The van der Waals surface area contributed by atoms with Crippen LogP contribution in [0.4, 0.5) is 0 Å². The van der Waals surface area contributed by atoms with E-state index in [0.717, 1.165) is 14.3 Å². The monoisotopic (exact) mass is 201 g/mol. The van der Waals surface area contributed by atoms with Gasteiger partial charge in [0.1, 0.15) is 4.83 Å². The Hall–Kier alpha value is -0.590. The molecule has 0 aliphatic rings. The highest BCUT2D eigenvalue weighted by molar-refractivity contribution is 7.73. The smallest absolute Gasteiger partial charge is 0.197 e. The molecule has 2 aromatic rings. The zero-order chi connectivity index (χ0) is 7.84. The van der Waals surface area contributed by atoms with E-state index in [1.165, 1.54) is 11.3 Å². The van der Waals surface area contributed by atoms with Crippen LogP contribution < -0.4 is 0 Å². The molecule has 56 valence electrons. The van der Waals surface area contributed by atoms with Crippen LogP contribution in [0, 0.1) is 8.73 Å². The number of nitrogens with one attached hydrogen (secondary N) is 2. The third-order valence-electron chi connectivity index (χ3n) is 1.21. The van der Waals surface area contributed by atoms with Crippen LogP contribution in [-0.4, -0.2) is 15.0 Å². The second kappa shape index (κ2) is 2.47. The number of thiazole rings is 1. The molecule has 0 saturated heterocycles. The largest absolute Gasteiger partial charge is 0.334 e. The summed E-state index contributed by atoms with van der Waals surface area (Å²) in [6.45, 7) is 0. The maximum absolute atomic E-state index is 4.94. The molecule has 0 bridgehead atoms. The predicted octanol–water partition coefficient (Wildman–Crippen LogP) is 2.41. The summed E-state index contributed by atoms with van der Waals surface area (Å²) in [5, 5.41) is 0. The Bertz CT molecular complexity index is 489. The van der Waals surface area contributed by atoms with Crippen molar-refractivity contribution in [2.75, 3.05) is 0 Å². The summed E-state index contributed by atoms with van der Waals surface area (Å²) in [6.07, 6.45) is 1.68. The first-order valence-corrected chi connectivity index (χ1v) is 4.47. The van der Waals surface area contributed by atoms with Crippen LogP contribution in [0.25, 0.3) is 10.3 Å². The molecule has 0 aliphatic heterocycles. The van der Waals surface area contributed by atoms with Gasteiger partial charge >= 0.3 is 0 Å². The van der Waals surface area contributed by atoms with Gasteiger partial charge in [-0.15, -0.1) is 0 Å². The van der Waals surface area contributed by atoms with E-state index in [-0.39, 0.29) is 0 Å². The van der Waals surface area contributed by atoms with Gasteiger partial charge in [0.2, 0.25) is 0 Å². The fourth-order valence-electron chi connectivity index (χ4n) is 0.776. The molecule has 2 heterocycles. The SMILES string of the molecule is S=c1ncc2[nH]c(=S)sc2[nH]1. The number of nitrogens with zero attached hydrogens (tertiary/aromatic N) is 1. The van der Waals surface area contributed by atoms with Gasteiger partial charge in [-0.1, -0.05) is 11.3 Å². The summed E-state index contributed by atoms with van der Waals surface area (Å²) in [5.74, 6) is 0. The molecule has 0 atom stereocenters. The van der Waals surface area contributed by atoms with Gasteiger partial charge in [-0.25, -0.2) is 4.98 Å². The lowest BCUT2D eigenvalue weighted by molar-refractivity contribution is 1.18. The molecular weight excluding hydrogens is 198 g/mol. The van der Waals surface area contributed by atoms with Crippen molar-refractivity contribution in [2.24, 2.45) is 0 Å². The molecule has 0 aromatic carbocycles.